The van der Waals surface area contributed by atoms with E-state index in [1.165, 1.54) is 24.3 Å². The van der Waals surface area contributed by atoms with Crippen LogP contribution in [0.25, 0.3) is 0 Å². The summed E-state index contributed by atoms with van der Waals surface area (Å²) in [4.78, 5) is 21.8. The molecule has 0 aromatic heterocycles. The first-order valence-corrected chi connectivity index (χ1v) is 6.74. The van der Waals surface area contributed by atoms with Gasteiger partial charge in [-0.3, -0.25) is 25.8 Å². The summed E-state index contributed by atoms with van der Waals surface area (Å²) in [6.45, 7) is 0. The molecule has 0 unspecified atom stereocenters. The number of hydrogen-bond donors (Lipinski definition) is 2. The smallest absolute Gasteiger partial charge is 0.292 e. The van der Waals surface area contributed by atoms with E-state index in [4.69, 9.17) is 11.6 Å². The summed E-state index contributed by atoms with van der Waals surface area (Å²) >= 11 is 5.68. The van der Waals surface area contributed by atoms with Gasteiger partial charge in [0.25, 0.3) is 11.6 Å². The predicted molar refractivity (Wildman–Crippen MR) is 80.6 cm³/mol. The van der Waals surface area contributed by atoms with Crippen molar-refractivity contribution in [3.63, 3.8) is 0 Å². The zero-order chi connectivity index (χ0) is 17.9. The third kappa shape index (κ3) is 4.13. The van der Waals surface area contributed by atoms with E-state index in [0.717, 1.165) is 6.07 Å². The Kier molecular flexibility index (Phi) is 4.93. The van der Waals surface area contributed by atoms with Crippen LogP contribution in [0.2, 0.25) is 5.02 Å². The van der Waals surface area contributed by atoms with Gasteiger partial charge in [-0.1, -0.05) is 11.6 Å². The Bertz CT molecular complexity index is 779. The number of amides is 1. The highest BCUT2D eigenvalue weighted by molar-refractivity contribution is 6.30. The molecule has 0 fully saturated rings. The monoisotopic (exact) mass is 359 g/mol. The number of rotatable bonds is 4. The van der Waals surface area contributed by atoms with Crippen molar-refractivity contribution in [1.29, 1.82) is 0 Å². The van der Waals surface area contributed by atoms with Crippen LogP contribution >= 0.6 is 11.6 Å². The van der Waals surface area contributed by atoms with Crippen LogP contribution in [-0.2, 0) is 6.18 Å². The second-order valence-corrected chi connectivity index (χ2v) is 5.01. The lowest BCUT2D eigenvalue weighted by Crippen LogP contribution is -2.29. The van der Waals surface area contributed by atoms with Crippen LogP contribution < -0.4 is 10.9 Å². The van der Waals surface area contributed by atoms with Gasteiger partial charge in [-0.05, 0) is 36.4 Å². The van der Waals surface area contributed by atoms with Gasteiger partial charge in [0.15, 0.2) is 0 Å². The van der Waals surface area contributed by atoms with E-state index in [1.807, 2.05) is 0 Å². The Labute approximate surface area is 138 Å². The number of hydrogen-bond acceptors (Lipinski definition) is 4. The molecule has 0 radical (unpaired) electrons. The molecule has 24 heavy (non-hydrogen) atoms. The molecule has 2 aromatic rings. The molecule has 2 rings (SSSR count). The fourth-order valence-corrected chi connectivity index (χ4v) is 1.89. The Morgan fingerprint density at radius 3 is 2.29 bits per heavy atom. The Hall–Kier alpha value is -2.81. The number of nitrogens with one attached hydrogen (secondary N) is 2. The van der Waals surface area contributed by atoms with Crippen LogP contribution in [0.4, 0.5) is 24.5 Å². The summed E-state index contributed by atoms with van der Waals surface area (Å²) in [7, 11) is 0. The molecular weight excluding hydrogens is 351 g/mol. The quantitative estimate of drug-likeness (QED) is 0.637. The molecule has 10 heteroatoms. The van der Waals surface area contributed by atoms with Gasteiger partial charge in [-0.25, -0.2) is 0 Å². The molecule has 2 aromatic carbocycles. The first kappa shape index (κ1) is 17.5. The van der Waals surface area contributed by atoms with Crippen molar-refractivity contribution < 1.29 is 22.9 Å². The SMILES string of the molecule is O=C(NNc1ccc(C(F)(F)F)cc1[N+](=O)[O-])c1ccc(Cl)cc1. The maximum Gasteiger partial charge on any atom is 0.416 e. The van der Waals surface area contributed by atoms with Crippen LogP contribution in [0, 0.1) is 10.1 Å². The third-order valence-electron chi connectivity index (χ3n) is 2.94. The minimum Gasteiger partial charge on any atom is -0.292 e. The van der Waals surface area contributed by atoms with Crippen molar-refractivity contribution in [2.24, 2.45) is 0 Å². The van der Waals surface area contributed by atoms with E-state index in [2.05, 4.69) is 10.9 Å². The van der Waals surface area contributed by atoms with Crippen LogP contribution in [-0.4, -0.2) is 10.8 Å². The third-order valence-corrected chi connectivity index (χ3v) is 3.19. The Balaban J connectivity index is 2.18. The molecule has 0 saturated carbocycles. The van der Waals surface area contributed by atoms with Gasteiger partial charge in [0, 0.05) is 16.7 Å². The molecule has 1 amide bonds. The topological polar surface area (TPSA) is 84.3 Å². The summed E-state index contributed by atoms with van der Waals surface area (Å²) in [6, 6.07) is 7.69. The molecule has 0 saturated heterocycles. The molecule has 0 aliphatic heterocycles. The lowest BCUT2D eigenvalue weighted by Gasteiger charge is -2.11. The maximum atomic E-state index is 12.6. The summed E-state index contributed by atoms with van der Waals surface area (Å²) in [5, 5.41) is 11.3. The van der Waals surface area contributed by atoms with Gasteiger partial charge in [0.05, 0.1) is 10.5 Å². The molecule has 0 spiro atoms. The molecule has 126 valence electrons. The van der Waals surface area contributed by atoms with Crippen molar-refractivity contribution in [2.75, 3.05) is 5.43 Å². The van der Waals surface area contributed by atoms with E-state index in [0.29, 0.717) is 17.2 Å². The minimum atomic E-state index is -4.71. The highest BCUT2D eigenvalue weighted by Gasteiger charge is 2.33. The molecule has 0 heterocycles. The molecular formula is C14H9ClF3N3O3. The van der Waals surface area contributed by atoms with Crippen molar-refractivity contribution in [3.8, 4) is 0 Å². The first-order chi connectivity index (χ1) is 11.2. The van der Waals surface area contributed by atoms with E-state index in [-0.39, 0.29) is 11.3 Å². The average Bonchev–Trinajstić information content (AvgIpc) is 2.52. The summed E-state index contributed by atoms with van der Waals surface area (Å²) < 4.78 is 37.8. The Morgan fingerprint density at radius 1 is 1.12 bits per heavy atom. The van der Waals surface area contributed by atoms with E-state index < -0.39 is 28.3 Å². The van der Waals surface area contributed by atoms with Gasteiger partial charge in [-0.15, -0.1) is 0 Å². The van der Waals surface area contributed by atoms with Crippen molar-refractivity contribution in [3.05, 3.63) is 68.7 Å². The normalized spacial score (nSPS) is 11.0. The number of carbonyl (C=O) groups excluding carboxylic acids is 1. The van der Waals surface area contributed by atoms with Crippen molar-refractivity contribution >= 4 is 28.9 Å². The maximum absolute atomic E-state index is 12.6. The highest BCUT2D eigenvalue weighted by atomic mass is 35.5. The number of nitrogens with zero attached hydrogens (tertiary/aromatic N) is 1. The fraction of sp³-hybridized carbons (Fsp3) is 0.0714. The number of nitro groups is 1. The molecule has 0 aliphatic carbocycles. The number of anilines is 1. The van der Waals surface area contributed by atoms with Gasteiger partial charge >= 0.3 is 6.18 Å². The predicted octanol–water partition coefficient (Wildman–Crippen LogP) is 4.02. The fourth-order valence-electron chi connectivity index (χ4n) is 1.76. The zero-order valence-electron chi connectivity index (χ0n) is 11.7. The molecule has 0 aliphatic rings. The first-order valence-electron chi connectivity index (χ1n) is 6.36. The molecule has 0 bridgehead atoms. The number of carbonyl (C=O) groups is 1. The second kappa shape index (κ2) is 6.75. The summed E-state index contributed by atoms with van der Waals surface area (Å²) in [5.74, 6) is -0.638. The second-order valence-electron chi connectivity index (χ2n) is 4.57. The largest absolute Gasteiger partial charge is 0.416 e. The lowest BCUT2D eigenvalue weighted by atomic mass is 10.1. The van der Waals surface area contributed by atoms with Crippen LogP contribution in [0.3, 0.4) is 0 Å². The number of hydrazine groups is 1. The molecule has 2 N–H and O–H groups in total. The number of benzene rings is 2. The lowest BCUT2D eigenvalue weighted by molar-refractivity contribution is -0.384. The van der Waals surface area contributed by atoms with E-state index in [1.54, 1.807) is 0 Å². The summed E-state index contributed by atoms with van der Waals surface area (Å²) in [6.07, 6.45) is -4.71. The van der Waals surface area contributed by atoms with Gasteiger partial charge in [0.1, 0.15) is 5.69 Å². The van der Waals surface area contributed by atoms with E-state index in [9.17, 15) is 28.1 Å². The van der Waals surface area contributed by atoms with Crippen LogP contribution in [0.5, 0.6) is 0 Å². The number of nitro benzene ring substituents is 1. The van der Waals surface area contributed by atoms with Gasteiger partial charge in [-0.2, -0.15) is 13.2 Å². The molecule has 6 nitrogen and oxygen atoms in total. The van der Waals surface area contributed by atoms with Crippen LogP contribution in [0.1, 0.15) is 15.9 Å². The van der Waals surface area contributed by atoms with E-state index >= 15 is 0 Å². The Morgan fingerprint density at radius 2 is 1.75 bits per heavy atom. The van der Waals surface area contributed by atoms with Crippen molar-refractivity contribution in [2.45, 2.75) is 6.18 Å². The van der Waals surface area contributed by atoms with Crippen molar-refractivity contribution in [1.82, 2.24) is 5.43 Å². The summed E-state index contributed by atoms with van der Waals surface area (Å²) in [5.41, 5.74) is 2.36. The molecule has 0 atom stereocenters. The van der Waals surface area contributed by atoms with Crippen LogP contribution in [0.15, 0.2) is 42.5 Å². The average molecular weight is 360 g/mol. The number of halogens is 4. The highest BCUT2D eigenvalue weighted by Crippen LogP contribution is 2.34. The minimum absolute atomic E-state index is 0.210. The van der Waals surface area contributed by atoms with Gasteiger partial charge in [0.2, 0.25) is 0 Å². The number of alkyl halides is 3. The standard InChI is InChI=1S/C14H9ClF3N3O3/c15-10-4-1-8(2-5-10)13(22)20-19-11-6-3-9(14(16,17)18)7-12(11)21(23)24/h1-7,19H,(H,20,22). The van der Waals surface area contributed by atoms with Gasteiger partial charge < -0.3 is 0 Å². The zero-order valence-corrected chi connectivity index (χ0v) is 12.5.